The average molecular weight is 520 g/mol. The van der Waals surface area contributed by atoms with Gasteiger partial charge in [-0.05, 0) is 72.2 Å². The second kappa shape index (κ2) is 12.3. The molecular formula is C32H38ClNO3. The first kappa shape index (κ1) is 27.4. The molecule has 0 heterocycles. The van der Waals surface area contributed by atoms with E-state index in [2.05, 4.69) is 41.3 Å². The van der Waals surface area contributed by atoms with Gasteiger partial charge in [0.15, 0.2) is 5.78 Å². The monoisotopic (exact) mass is 519 g/mol. The van der Waals surface area contributed by atoms with Crippen molar-refractivity contribution >= 4 is 17.4 Å². The lowest BCUT2D eigenvalue weighted by Crippen LogP contribution is -2.39. The molecule has 1 N–H and O–H groups in total. The van der Waals surface area contributed by atoms with E-state index in [0.29, 0.717) is 11.6 Å². The summed E-state index contributed by atoms with van der Waals surface area (Å²) in [7, 11) is 0. The Morgan fingerprint density at radius 1 is 1.05 bits per heavy atom. The Morgan fingerprint density at radius 3 is 2.57 bits per heavy atom. The van der Waals surface area contributed by atoms with Crippen molar-refractivity contribution in [3.8, 4) is 5.75 Å². The summed E-state index contributed by atoms with van der Waals surface area (Å²) in [5.41, 5.74) is 4.24. The molecule has 1 aliphatic rings. The SMILES string of the molecule is CC(C)(C)C(=O)COc1ccc2c(c1)CC(N(Cc1ccccc1)C[C@H](O)c1cccc(Cl)c1)CCC2. The first-order valence-corrected chi connectivity index (χ1v) is 13.6. The Kier molecular flexibility index (Phi) is 9.07. The van der Waals surface area contributed by atoms with E-state index >= 15 is 0 Å². The van der Waals surface area contributed by atoms with Gasteiger partial charge in [-0.15, -0.1) is 0 Å². The van der Waals surface area contributed by atoms with Crippen molar-refractivity contribution in [1.29, 1.82) is 0 Å². The molecule has 0 aliphatic heterocycles. The van der Waals surface area contributed by atoms with Crippen LogP contribution in [0, 0.1) is 5.41 Å². The molecule has 1 aliphatic carbocycles. The van der Waals surface area contributed by atoms with Gasteiger partial charge < -0.3 is 9.84 Å². The molecule has 3 aromatic rings. The molecule has 1 unspecified atom stereocenters. The largest absolute Gasteiger partial charge is 0.486 e. The van der Waals surface area contributed by atoms with E-state index < -0.39 is 11.5 Å². The molecule has 0 spiro atoms. The number of nitrogens with zero attached hydrogens (tertiary/aromatic N) is 1. The highest BCUT2D eigenvalue weighted by atomic mass is 35.5. The van der Waals surface area contributed by atoms with E-state index in [1.807, 2.05) is 57.2 Å². The van der Waals surface area contributed by atoms with Crippen LogP contribution in [-0.2, 0) is 24.2 Å². The summed E-state index contributed by atoms with van der Waals surface area (Å²) >= 11 is 6.21. The summed E-state index contributed by atoms with van der Waals surface area (Å²) in [5.74, 6) is 0.829. The van der Waals surface area contributed by atoms with E-state index in [1.165, 1.54) is 16.7 Å². The number of carbonyl (C=O) groups is 1. The quantitative estimate of drug-likeness (QED) is 0.315. The summed E-state index contributed by atoms with van der Waals surface area (Å²) in [6, 6.07) is 24.4. The van der Waals surface area contributed by atoms with Crippen molar-refractivity contribution in [2.75, 3.05) is 13.2 Å². The third kappa shape index (κ3) is 7.67. The molecule has 5 heteroatoms. The van der Waals surface area contributed by atoms with Gasteiger partial charge in [-0.25, -0.2) is 0 Å². The van der Waals surface area contributed by atoms with Crippen molar-refractivity contribution in [1.82, 2.24) is 4.90 Å². The smallest absolute Gasteiger partial charge is 0.175 e. The van der Waals surface area contributed by atoms with Gasteiger partial charge in [-0.3, -0.25) is 9.69 Å². The van der Waals surface area contributed by atoms with Gasteiger partial charge in [0.1, 0.15) is 12.4 Å². The van der Waals surface area contributed by atoms with Gasteiger partial charge in [0, 0.05) is 29.6 Å². The zero-order valence-electron chi connectivity index (χ0n) is 22.1. The number of hydrogen-bond acceptors (Lipinski definition) is 4. The maximum absolute atomic E-state index is 12.4. The van der Waals surface area contributed by atoms with E-state index in [4.69, 9.17) is 16.3 Å². The van der Waals surface area contributed by atoms with Crippen LogP contribution < -0.4 is 4.74 Å². The van der Waals surface area contributed by atoms with Crippen molar-refractivity contribution in [2.24, 2.45) is 5.41 Å². The van der Waals surface area contributed by atoms with Crippen molar-refractivity contribution < 1.29 is 14.6 Å². The van der Waals surface area contributed by atoms with Crippen molar-refractivity contribution in [3.05, 3.63) is 100 Å². The standard InChI is InChI=1S/C32H38ClNO3/c1-32(2,3)31(36)22-37-29-16-15-24-11-8-14-28(18-26(24)19-29)34(20-23-9-5-4-6-10-23)21-30(35)25-12-7-13-27(33)17-25/h4-7,9-10,12-13,15-17,19,28,30,35H,8,11,14,18,20-22H2,1-3H3/t28?,30-/m0/s1. The minimum atomic E-state index is -0.636. The summed E-state index contributed by atoms with van der Waals surface area (Å²) in [4.78, 5) is 14.8. The van der Waals surface area contributed by atoms with Gasteiger partial charge in [0.25, 0.3) is 0 Å². The van der Waals surface area contributed by atoms with Crippen LogP contribution >= 0.6 is 11.6 Å². The Hall–Kier alpha value is -2.66. The highest BCUT2D eigenvalue weighted by Crippen LogP contribution is 2.30. The number of halogens is 1. The van der Waals surface area contributed by atoms with Gasteiger partial charge in [-0.2, -0.15) is 0 Å². The number of fused-ring (bicyclic) bond motifs is 1. The molecule has 3 aromatic carbocycles. The predicted molar refractivity (Wildman–Crippen MR) is 150 cm³/mol. The first-order valence-electron chi connectivity index (χ1n) is 13.2. The minimum absolute atomic E-state index is 0.0810. The molecule has 4 rings (SSSR count). The van der Waals surface area contributed by atoms with Crippen LogP contribution in [0.15, 0.2) is 72.8 Å². The molecule has 37 heavy (non-hydrogen) atoms. The van der Waals surface area contributed by atoms with Gasteiger partial charge >= 0.3 is 0 Å². The first-order chi connectivity index (χ1) is 17.7. The predicted octanol–water partition coefficient (Wildman–Crippen LogP) is 6.82. The summed E-state index contributed by atoms with van der Waals surface area (Å²) < 4.78 is 5.91. The Bertz CT molecular complexity index is 1190. The Morgan fingerprint density at radius 2 is 1.84 bits per heavy atom. The minimum Gasteiger partial charge on any atom is -0.486 e. The van der Waals surface area contributed by atoms with E-state index in [-0.39, 0.29) is 18.4 Å². The number of aliphatic hydroxyl groups is 1. The van der Waals surface area contributed by atoms with Crippen LogP contribution in [0.4, 0.5) is 0 Å². The van der Waals surface area contributed by atoms with E-state index in [9.17, 15) is 9.90 Å². The van der Waals surface area contributed by atoms with Crippen molar-refractivity contribution in [3.63, 3.8) is 0 Å². The number of hydrogen-bond donors (Lipinski definition) is 1. The van der Waals surface area contributed by atoms with Crippen LogP contribution in [0.5, 0.6) is 5.75 Å². The number of rotatable bonds is 9. The summed E-state index contributed by atoms with van der Waals surface area (Å²) in [6.07, 6.45) is 3.38. The van der Waals surface area contributed by atoms with Crippen LogP contribution in [0.1, 0.15) is 62.0 Å². The van der Waals surface area contributed by atoms with Crippen LogP contribution in [0.2, 0.25) is 5.02 Å². The molecule has 0 saturated heterocycles. The number of aliphatic hydroxyl groups excluding tert-OH is 1. The lowest BCUT2D eigenvalue weighted by atomic mass is 9.91. The fourth-order valence-corrected chi connectivity index (χ4v) is 5.09. The number of aryl methyl sites for hydroxylation is 1. The van der Waals surface area contributed by atoms with E-state index in [0.717, 1.165) is 43.5 Å². The van der Waals surface area contributed by atoms with Gasteiger partial charge in [0.2, 0.25) is 0 Å². The normalized spacial score (nSPS) is 16.6. The molecule has 0 saturated carbocycles. The highest BCUT2D eigenvalue weighted by Gasteiger charge is 2.26. The molecule has 0 fully saturated rings. The molecular weight excluding hydrogens is 482 g/mol. The number of carbonyl (C=O) groups excluding carboxylic acids is 1. The van der Waals surface area contributed by atoms with Crippen LogP contribution in [0.25, 0.3) is 0 Å². The van der Waals surface area contributed by atoms with Crippen LogP contribution in [-0.4, -0.2) is 35.0 Å². The molecule has 196 valence electrons. The summed E-state index contributed by atoms with van der Waals surface area (Å²) in [5, 5.41) is 11.8. The fraction of sp³-hybridized carbons (Fsp3) is 0.406. The topological polar surface area (TPSA) is 49.8 Å². The second-order valence-corrected chi connectivity index (χ2v) is 11.6. The molecule has 0 amide bonds. The zero-order chi connectivity index (χ0) is 26.4. The maximum Gasteiger partial charge on any atom is 0.175 e. The second-order valence-electron chi connectivity index (χ2n) is 11.1. The fourth-order valence-electron chi connectivity index (χ4n) is 4.89. The highest BCUT2D eigenvalue weighted by molar-refractivity contribution is 6.30. The number of Topliss-reactive ketones (excluding diaryl/α,β-unsaturated/α-hetero) is 1. The van der Waals surface area contributed by atoms with Crippen molar-refractivity contribution in [2.45, 2.75) is 65.1 Å². The third-order valence-corrected chi connectivity index (χ3v) is 7.44. The lowest BCUT2D eigenvalue weighted by molar-refractivity contribution is -0.128. The number of benzene rings is 3. The molecule has 2 atom stereocenters. The lowest BCUT2D eigenvalue weighted by Gasteiger charge is -2.33. The van der Waals surface area contributed by atoms with Crippen LogP contribution in [0.3, 0.4) is 0 Å². The molecule has 0 bridgehead atoms. The Labute approximate surface area is 226 Å². The zero-order valence-corrected chi connectivity index (χ0v) is 22.9. The number of ether oxygens (including phenoxy) is 1. The number of ketones is 1. The average Bonchev–Trinajstić information content (AvgIpc) is 3.09. The molecule has 4 nitrogen and oxygen atoms in total. The van der Waals surface area contributed by atoms with E-state index in [1.54, 1.807) is 0 Å². The van der Waals surface area contributed by atoms with Gasteiger partial charge in [0.05, 0.1) is 6.10 Å². The third-order valence-electron chi connectivity index (χ3n) is 7.21. The molecule has 0 aromatic heterocycles. The summed E-state index contributed by atoms with van der Waals surface area (Å²) in [6.45, 7) is 7.11. The van der Waals surface area contributed by atoms with Gasteiger partial charge in [-0.1, -0.05) is 80.9 Å². The Balaban J connectivity index is 1.54. The molecule has 0 radical (unpaired) electrons. The maximum atomic E-state index is 12.4.